The first kappa shape index (κ1) is 56.7. The third kappa shape index (κ3) is 15.8. The Morgan fingerprint density at radius 2 is 1.61 bits per heavy atom. The van der Waals surface area contributed by atoms with E-state index in [0.717, 1.165) is 37.7 Å². The molecule has 1 saturated carbocycles. The minimum Gasteiger partial charge on any atom is -0.394 e. The molecule has 0 radical (unpaired) electrons. The van der Waals surface area contributed by atoms with E-state index in [2.05, 4.69) is 6.92 Å². The van der Waals surface area contributed by atoms with E-state index in [1.165, 1.54) is 12.0 Å². The number of ketones is 3. The molecule has 0 spiro atoms. The maximum Gasteiger partial charge on any atom is 0.296 e. The van der Waals surface area contributed by atoms with Gasteiger partial charge >= 0.3 is 0 Å². The summed E-state index contributed by atoms with van der Waals surface area (Å²) in [5, 5.41) is 32.8. The zero-order valence-corrected chi connectivity index (χ0v) is 42.2. The molecule has 2 saturated heterocycles. The number of aliphatic hydroxyl groups excluding tert-OH is 2. The maximum atomic E-state index is 14.3. The normalized spacial score (nSPS) is 38.4. The standard InChI is InChI=1S/C53H85NO13/c1-33-16-12-11-13-17-34(2)45(62-8)30-42-21-19-39(7)53(61,67-42)51(59)52(60)54-23-15-14-18-41(54)32-66-46(36(4)28-40-20-22-44(65-25-24-55)47(29-40)63-9)31-43(56)35(3)27-38(6)49(58)50(64-10)48(57)37(5)26-33/h11-13,16-17,27,33,35-37,39-42,44-47,49-50,55,58,61H,14-15,18-26,28-32H2,1-10H3/b13-11?,16-12+,34-17?,38-27-. The Hall–Kier alpha value is -2.92. The molecule has 3 heterocycles. The molecule has 1 amide bonds. The van der Waals surface area contributed by atoms with Crippen LogP contribution in [0.15, 0.2) is 47.6 Å². The molecule has 3 fully saturated rings. The molecule has 0 aromatic heterocycles. The van der Waals surface area contributed by atoms with Crippen molar-refractivity contribution in [2.75, 3.05) is 47.7 Å². The van der Waals surface area contributed by atoms with Crippen molar-refractivity contribution in [2.24, 2.45) is 35.5 Å². The molecule has 4 aliphatic rings. The summed E-state index contributed by atoms with van der Waals surface area (Å²) in [6.45, 7) is 13.7. The lowest BCUT2D eigenvalue weighted by molar-refractivity contribution is -0.265. The van der Waals surface area contributed by atoms with Crippen LogP contribution in [0.5, 0.6) is 0 Å². The van der Waals surface area contributed by atoms with E-state index in [0.29, 0.717) is 50.6 Å². The van der Waals surface area contributed by atoms with Crippen molar-refractivity contribution < 1.29 is 62.9 Å². The van der Waals surface area contributed by atoms with Crippen molar-refractivity contribution in [1.29, 1.82) is 0 Å². The molecule has 3 N–H and O–H groups in total. The predicted molar refractivity (Wildman–Crippen MR) is 256 cm³/mol. The summed E-state index contributed by atoms with van der Waals surface area (Å²) in [4.78, 5) is 58.0. The highest BCUT2D eigenvalue weighted by molar-refractivity contribution is 6.38. The second-order valence-corrected chi connectivity index (χ2v) is 20.2. The number of piperidine rings is 1. The highest BCUT2D eigenvalue weighted by Gasteiger charge is 2.52. The van der Waals surface area contributed by atoms with Crippen LogP contribution in [0, 0.1) is 35.5 Å². The molecule has 14 nitrogen and oxygen atoms in total. The third-order valence-corrected chi connectivity index (χ3v) is 15.0. The van der Waals surface area contributed by atoms with Crippen LogP contribution in [0.1, 0.15) is 126 Å². The number of hydrogen-bond acceptors (Lipinski definition) is 13. The van der Waals surface area contributed by atoms with E-state index in [9.17, 15) is 34.5 Å². The van der Waals surface area contributed by atoms with Gasteiger partial charge in [0.05, 0.1) is 56.4 Å². The lowest BCUT2D eigenvalue weighted by Crippen LogP contribution is -2.60. The molecule has 14 heteroatoms. The first-order chi connectivity index (χ1) is 31.9. The highest BCUT2D eigenvalue weighted by atomic mass is 16.6. The van der Waals surface area contributed by atoms with Gasteiger partial charge in [-0.3, -0.25) is 19.2 Å². The van der Waals surface area contributed by atoms with Crippen LogP contribution in [0.25, 0.3) is 0 Å². The summed E-state index contributed by atoms with van der Waals surface area (Å²) in [6, 6.07) is -0.474. The van der Waals surface area contributed by atoms with Gasteiger partial charge in [-0.25, -0.2) is 0 Å². The van der Waals surface area contributed by atoms with E-state index in [4.69, 9.17) is 28.4 Å². The SMILES string of the molecule is COC1CC2CCC(C)C(O)(O2)C(=O)C(=O)N2CCCCC2COC(C(C)CC2CCC(OCCO)C(OC)C2)CC(=O)C(C)/C=C(/C)C(O)C(OC)C(=O)C(C)CC(C)/C=C/C=CC=C1C. The molecule has 4 rings (SSSR count). The predicted octanol–water partition coefficient (Wildman–Crippen LogP) is 6.67. The number of methoxy groups -OCH3 is 3. The number of nitrogens with zero attached hydrogens (tertiary/aromatic N) is 1. The molecule has 0 aromatic rings. The zero-order chi connectivity index (χ0) is 49.4. The number of amides is 1. The number of rotatable bonds is 9. The van der Waals surface area contributed by atoms with Crippen molar-refractivity contribution in [3.63, 3.8) is 0 Å². The molecular formula is C53H85NO13. The lowest BCUT2D eigenvalue weighted by Gasteiger charge is -2.43. The zero-order valence-electron chi connectivity index (χ0n) is 42.2. The van der Waals surface area contributed by atoms with Crippen LogP contribution >= 0.6 is 0 Å². The van der Waals surface area contributed by atoms with E-state index in [1.807, 2.05) is 51.2 Å². The summed E-state index contributed by atoms with van der Waals surface area (Å²) >= 11 is 0. The number of ether oxygens (including phenoxy) is 6. The van der Waals surface area contributed by atoms with Crippen LogP contribution in [0.3, 0.4) is 0 Å². The van der Waals surface area contributed by atoms with Gasteiger partial charge < -0.3 is 48.6 Å². The molecular weight excluding hydrogens is 859 g/mol. The second-order valence-electron chi connectivity index (χ2n) is 20.2. The number of carbonyl (C=O) groups excluding carboxylic acids is 4. The second kappa shape index (κ2) is 27.5. The first-order valence-corrected chi connectivity index (χ1v) is 25.0. The molecule has 15 unspecified atom stereocenters. The number of allylic oxidation sites excluding steroid dienone is 6. The van der Waals surface area contributed by atoms with Crippen molar-refractivity contribution in [3.8, 4) is 0 Å². The Labute approximate surface area is 400 Å². The number of aliphatic hydroxyl groups is 3. The van der Waals surface area contributed by atoms with Gasteiger partial charge in [0.15, 0.2) is 5.78 Å². The smallest absolute Gasteiger partial charge is 0.296 e. The van der Waals surface area contributed by atoms with Gasteiger partial charge in [0.2, 0.25) is 5.79 Å². The van der Waals surface area contributed by atoms with Crippen LogP contribution in [-0.2, 0) is 47.6 Å². The fourth-order valence-electron chi connectivity index (χ4n) is 10.6. The summed E-state index contributed by atoms with van der Waals surface area (Å²) in [6.07, 6.45) is 14.5. The Morgan fingerprint density at radius 3 is 2.30 bits per heavy atom. The Kier molecular flexibility index (Phi) is 23.2. The lowest BCUT2D eigenvalue weighted by atomic mass is 9.78. The molecule has 15 atom stereocenters. The Bertz CT molecular complexity index is 1730. The number of Topliss-reactive ketones (excluding diaryl/α,β-unsaturated/α-hetero) is 3. The molecule has 380 valence electrons. The monoisotopic (exact) mass is 944 g/mol. The van der Waals surface area contributed by atoms with Crippen LogP contribution < -0.4 is 0 Å². The van der Waals surface area contributed by atoms with Gasteiger partial charge in [0.1, 0.15) is 18.0 Å². The molecule has 2 bridgehead atoms. The number of carbonyl (C=O) groups is 4. The quantitative estimate of drug-likeness (QED) is 0.165. The third-order valence-electron chi connectivity index (χ3n) is 15.0. The fraction of sp³-hybridized carbons (Fsp3) is 0.774. The summed E-state index contributed by atoms with van der Waals surface area (Å²) in [5.41, 5.74) is 1.37. The van der Waals surface area contributed by atoms with Crippen LogP contribution in [0.4, 0.5) is 0 Å². The minimum atomic E-state index is -2.31. The minimum absolute atomic E-state index is 0.0418. The van der Waals surface area contributed by atoms with Gasteiger partial charge in [-0.15, -0.1) is 0 Å². The molecule has 0 aromatic carbocycles. The van der Waals surface area contributed by atoms with Crippen molar-refractivity contribution in [2.45, 2.75) is 180 Å². The van der Waals surface area contributed by atoms with E-state index >= 15 is 0 Å². The number of fused-ring (bicyclic) bond motifs is 3. The largest absolute Gasteiger partial charge is 0.394 e. The average molecular weight is 944 g/mol. The van der Waals surface area contributed by atoms with E-state index in [1.54, 1.807) is 41.1 Å². The summed E-state index contributed by atoms with van der Waals surface area (Å²) < 4.78 is 36.2. The van der Waals surface area contributed by atoms with Gasteiger partial charge in [0.25, 0.3) is 11.7 Å². The maximum absolute atomic E-state index is 14.3. The van der Waals surface area contributed by atoms with Crippen molar-refractivity contribution >= 4 is 23.3 Å². The Morgan fingerprint density at radius 1 is 0.866 bits per heavy atom. The van der Waals surface area contributed by atoms with Gasteiger partial charge in [0, 0.05) is 58.5 Å². The average Bonchev–Trinajstić information content (AvgIpc) is 3.31. The topological polar surface area (TPSA) is 188 Å². The van der Waals surface area contributed by atoms with Gasteiger partial charge in [-0.05, 0) is 107 Å². The molecule has 3 aliphatic heterocycles. The summed E-state index contributed by atoms with van der Waals surface area (Å²) in [7, 11) is 4.69. The van der Waals surface area contributed by atoms with Crippen LogP contribution in [0.2, 0.25) is 0 Å². The van der Waals surface area contributed by atoms with Crippen molar-refractivity contribution in [1.82, 2.24) is 4.90 Å². The molecule has 1 aliphatic carbocycles. The fourth-order valence-corrected chi connectivity index (χ4v) is 10.6. The van der Waals surface area contributed by atoms with E-state index in [-0.39, 0.29) is 73.9 Å². The summed E-state index contributed by atoms with van der Waals surface area (Å²) in [5.74, 6) is -5.89. The highest BCUT2D eigenvalue weighted by Crippen LogP contribution is 2.38. The molecule has 67 heavy (non-hydrogen) atoms. The van der Waals surface area contributed by atoms with Crippen LogP contribution in [-0.4, -0.2) is 146 Å². The van der Waals surface area contributed by atoms with Crippen molar-refractivity contribution in [3.05, 3.63) is 47.6 Å². The van der Waals surface area contributed by atoms with E-state index < -0.39 is 65.7 Å². The van der Waals surface area contributed by atoms with Gasteiger partial charge in [-0.2, -0.15) is 0 Å². The first-order valence-electron chi connectivity index (χ1n) is 25.0. The number of hydrogen-bond donors (Lipinski definition) is 3. The van der Waals surface area contributed by atoms with Gasteiger partial charge in [-0.1, -0.05) is 71.1 Å². The Balaban J connectivity index is 1.66.